The van der Waals surface area contributed by atoms with Gasteiger partial charge >= 0.3 is 6.18 Å². The minimum absolute atomic E-state index is 0. The Kier molecular flexibility index (Phi) is 4.94. The standard InChI is InChI=1S/C12H16F3N3S.ClH/c13-12(14,15)11-17-6-10(19-11)7-18(8-1-2-8)9-3-4-16-5-9;/h6,8-9,16H,1-5,7H2;1H. The molecule has 1 saturated carbocycles. The second-order valence-electron chi connectivity index (χ2n) is 5.18. The molecule has 2 heterocycles. The molecule has 3 rings (SSSR count). The van der Waals surface area contributed by atoms with E-state index in [1.807, 2.05) is 0 Å². The van der Waals surface area contributed by atoms with E-state index in [9.17, 15) is 13.2 Å². The predicted molar refractivity (Wildman–Crippen MR) is 74.2 cm³/mol. The number of nitrogens with one attached hydrogen (secondary N) is 1. The molecule has 1 atom stereocenters. The first-order chi connectivity index (χ1) is 9.04. The van der Waals surface area contributed by atoms with E-state index >= 15 is 0 Å². The van der Waals surface area contributed by atoms with Crippen LogP contribution in [0.2, 0.25) is 0 Å². The van der Waals surface area contributed by atoms with Gasteiger partial charge in [0.05, 0.1) is 0 Å². The molecule has 1 aliphatic heterocycles. The Morgan fingerprint density at radius 1 is 1.30 bits per heavy atom. The molecule has 0 amide bonds. The monoisotopic (exact) mass is 327 g/mol. The van der Waals surface area contributed by atoms with Crippen molar-refractivity contribution < 1.29 is 13.2 Å². The van der Waals surface area contributed by atoms with E-state index in [1.54, 1.807) is 0 Å². The molecule has 2 fully saturated rings. The lowest BCUT2D eigenvalue weighted by Crippen LogP contribution is -2.37. The zero-order chi connectivity index (χ0) is 13.5. The van der Waals surface area contributed by atoms with E-state index in [1.165, 1.54) is 19.0 Å². The first-order valence-corrected chi connectivity index (χ1v) is 7.34. The van der Waals surface area contributed by atoms with Crippen LogP contribution in [0, 0.1) is 0 Å². The number of thiazole rings is 1. The zero-order valence-electron chi connectivity index (χ0n) is 10.8. The van der Waals surface area contributed by atoms with Gasteiger partial charge in [-0.05, 0) is 25.8 Å². The first-order valence-electron chi connectivity index (χ1n) is 6.52. The van der Waals surface area contributed by atoms with Crippen LogP contribution in [-0.4, -0.2) is 35.1 Å². The van der Waals surface area contributed by atoms with Gasteiger partial charge in [-0.25, -0.2) is 4.98 Å². The Morgan fingerprint density at radius 3 is 2.55 bits per heavy atom. The molecule has 1 aromatic rings. The third-order valence-electron chi connectivity index (χ3n) is 3.65. The van der Waals surface area contributed by atoms with Crippen LogP contribution in [-0.2, 0) is 12.7 Å². The Bertz CT molecular complexity index is 441. The number of nitrogens with zero attached hydrogens (tertiary/aromatic N) is 2. The zero-order valence-corrected chi connectivity index (χ0v) is 12.5. The number of halogens is 4. The number of hydrogen-bond acceptors (Lipinski definition) is 4. The molecule has 8 heteroatoms. The molecule has 1 aliphatic carbocycles. The maximum Gasteiger partial charge on any atom is 0.443 e. The Hall–Kier alpha value is -0.370. The quantitative estimate of drug-likeness (QED) is 0.921. The number of rotatable bonds is 4. The van der Waals surface area contributed by atoms with Crippen LogP contribution in [0.25, 0.3) is 0 Å². The summed E-state index contributed by atoms with van der Waals surface area (Å²) in [6.45, 7) is 2.55. The van der Waals surface area contributed by atoms with Crippen molar-refractivity contribution in [3.05, 3.63) is 16.1 Å². The van der Waals surface area contributed by atoms with Crippen molar-refractivity contribution in [2.45, 2.75) is 44.1 Å². The van der Waals surface area contributed by atoms with Crippen LogP contribution < -0.4 is 5.32 Å². The van der Waals surface area contributed by atoms with E-state index in [0.29, 0.717) is 23.5 Å². The maximum atomic E-state index is 12.5. The van der Waals surface area contributed by atoms with Crippen LogP contribution in [0.15, 0.2) is 6.20 Å². The van der Waals surface area contributed by atoms with E-state index < -0.39 is 11.2 Å². The van der Waals surface area contributed by atoms with Crippen LogP contribution in [0.3, 0.4) is 0 Å². The van der Waals surface area contributed by atoms with Crippen molar-refractivity contribution >= 4 is 23.7 Å². The van der Waals surface area contributed by atoms with E-state index in [0.717, 1.165) is 30.8 Å². The third kappa shape index (κ3) is 3.63. The Morgan fingerprint density at radius 2 is 2.05 bits per heavy atom. The van der Waals surface area contributed by atoms with Crippen molar-refractivity contribution in [3.8, 4) is 0 Å². The van der Waals surface area contributed by atoms with Crippen LogP contribution in [0.4, 0.5) is 13.2 Å². The van der Waals surface area contributed by atoms with Gasteiger partial charge in [0.25, 0.3) is 0 Å². The largest absolute Gasteiger partial charge is 0.443 e. The molecule has 0 radical (unpaired) electrons. The number of hydrogen-bond donors (Lipinski definition) is 1. The fourth-order valence-electron chi connectivity index (χ4n) is 2.58. The number of alkyl halides is 3. The SMILES string of the molecule is Cl.FC(F)(F)c1ncc(CN(C2CC2)C2CCNC2)s1. The van der Waals surface area contributed by atoms with Gasteiger partial charge in [0.2, 0.25) is 0 Å². The average Bonchev–Trinajstić information content (AvgIpc) is 2.87. The molecular weight excluding hydrogens is 311 g/mol. The molecule has 0 bridgehead atoms. The summed E-state index contributed by atoms with van der Waals surface area (Å²) in [5, 5.41) is 2.58. The summed E-state index contributed by atoms with van der Waals surface area (Å²) in [6, 6.07) is 1.02. The molecule has 0 spiro atoms. The van der Waals surface area contributed by atoms with Gasteiger partial charge in [0.1, 0.15) is 0 Å². The van der Waals surface area contributed by atoms with Gasteiger partial charge in [-0.15, -0.1) is 23.7 Å². The highest BCUT2D eigenvalue weighted by Crippen LogP contribution is 2.35. The summed E-state index contributed by atoms with van der Waals surface area (Å²) in [5.74, 6) is 0. The summed E-state index contributed by atoms with van der Waals surface area (Å²) in [5.41, 5.74) is 0. The average molecular weight is 328 g/mol. The Labute approximate surface area is 126 Å². The van der Waals surface area contributed by atoms with Crippen molar-refractivity contribution in [1.82, 2.24) is 15.2 Å². The van der Waals surface area contributed by atoms with Crippen molar-refractivity contribution in [2.75, 3.05) is 13.1 Å². The fraction of sp³-hybridized carbons (Fsp3) is 0.750. The van der Waals surface area contributed by atoms with Crippen LogP contribution in [0.1, 0.15) is 29.1 Å². The van der Waals surface area contributed by atoms with Gasteiger partial charge in [-0.2, -0.15) is 13.2 Å². The summed E-state index contributed by atoms with van der Waals surface area (Å²) < 4.78 is 37.6. The molecule has 20 heavy (non-hydrogen) atoms. The van der Waals surface area contributed by atoms with Crippen LogP contribution >= 0.6 is 23.7 Å². The summed E-state index contributed by atoms with van der Waals surface area (Å²) in [6.07, 6.45) is 0.484. The molecule has 1 saturated heterocycles. The molecule has 114 valence electrons. The minimum atomic E-state index is -4.32. The highest BCUT2D eigenvalue weighted by Gasteiger charge is 2.37. The minimum Gasteiger partial charge on any atom is -0.315 e. The lowest BCUT2D eigenvalue weighted by Gasteiger charge is -2.27. The second kappa shape index (κ2) is 6.17. The summed E-state index contributed by atoms with van der Waals surface area (Å²) >= 11 is 0.774. The van der Waals surface area contributed by atoms with Gasteiger partial charge in [-0.3, -0.25) is 4.90 Å². The third-order valence-corrected chi connectivity index (χ3v) is 4.68. The van der Waals surface area contributed by atoms with Crippen molar-refractivity contribution in [1.29, 1.82) is 0 Å². The lowest BCUT2D eigenvalue weighted by atomic mass is 10.2. The van der Waals surface area contributed by atoms with Gasteiger partial charge in [0.15, 0.2) is 5.01 Å². The van der Waals surface area contributed by atoms with Crippen LogP contribution in [0.5, 0.6) is 0 Å². The highest BCUT2D eigenvalue weighted by molar-refractivity contribution is 7.11. The first kappa shape index (κ1) is 16.0. The van der Waals surface area contributed by atoms with E-state index in [-0.39, 0.29) is 12.4 Å². The molecule has 2 aliphatic rings. The molecule has 1 unspecified atom stereocenters. The predicted octanol–water partition coefficient (Wildman–Crippen LogP) is 2.91. The van der Waals surface area contributed by atoms with Gasteiger partial charge in [0, 0.05) is 36.2 Å². The second-order valence-corrected chi connectivity index (χ2v) is 6.29. The van der Waals surface area contributed by atoms with E-state index in [2.05, 4.69) is 15.2 Å². The topological polar surface area (TPSA) is 28.2 Å². The maximum absolute atomic E-state index is 12.5. The highest BCUT2D eigenvalue weighted by atomic mass is 35.5. The molecule has 3 nitrogen and oxygen atoms in total. The summed E-state index contributed by atoms with van der Waals surface area (Å²) in [7, 11) is 0. The van der Waals surface area contributed by atoms with Gasteiger partial charge < -0.3 is 5.32 Å². The molecule has 1 N–H and O–H groups in total. The fourth-order valence-corrected chi connectivity index (χ4v) is 3.37. The molecular formula is C12H17ClF3N3S. The van der Waals surface area contributed by atoms with Crippen molar-refractivity contribution in [3.63, 3.8) is 0 Å². The molecule has 0 aromatic carbocycles. The Balaban J connectivity index is 0.00000147. The number of aromatic nitrogens is 1. The lowest BCUT2D eigenvalue weighted by molar-refractivity contribution is -0.137. The molecule has 1 aromatic heterocycles. The normalized spacial score (nSPS) is 23.1. The summed E-state index contributed by atoms with van der Waals surface area (Å²) in [4.78, 5) is 6.57. The van der Waals surface area contributed by atoms with E-state index in [4.69, 9.17) is 0 Å². The van der Waals surface area contributed by atoms with Crippen molar-refractivity contribution in [2.24, 2.45) is 0 Å². The smallest absolute Gasteiger partial charge is 0.315 e. The van der Waals surface area contributed by atoms with Gasteiger partial charge in [-0.1, -0.05) is 0 Å².